The predicted octanol–water partition coefficient (Wildman–Crippen LogP) is 2.42. The van der Waals surface area contributed by atoms with Gasteiger partial charge < -0.3 is 0 Å². The van der Waals surface area contributed by atoms with E-state index in [0.717, 1.165) is 5.56 Å². The van der Waals surface area contributed by atoms with Crippen molar-refractivity contribution in [1.29, 1.82) is 0 Å². The monoisotopic (exact) mass is 172 g/mol. The average molecular weight is 173 g/mol. The Labute approximate surface area is 70.6 Å². The molecule has 0 amide bonds. The van der Waals surface area contributed by atoms with E-state index < -0.39 is 0 Å². The molecule has 0 unspecified atom stereocenters. The van der Waals surface area contributed by atoms with Gasteiger partial charge >= 0.3 is 0 Å². The van der Waals surface area contributed by atoms with Gasteiger partial charge in [-0.05, 0) is 17.7 Å². The standard InChI is InChI=1S/C8H9ClO2/c1-10-11-6-7-3-2-4-8(9)5-7/h2-5H,6H2,1H3. The predicted molar refractivity (Wildman–Crippen MR) is 43.3 cm³/mol. The van der Waals surface area contributed by atoms with Crippen molar-refractivity contribution >= 4 is 11.6 Å². The molecule has 60 valence electrons. The van der Waals surface area contributed by atoms with Gasteiger partial charge in [-0.25, -0.2) is 9.78 Å². The summed E-state index contributed by atoms with van der Waals surface area (Å²) >= 11 is 5.73. The van der Waals surface area contributed by atoms with Crippen LogP contribution in [0, 0.1) is 0 Å². The first kappa shape index (κ1) is 8.53. The van der Waals surface area contributed by atoms with E-state index in [0.29, 0.717) is 11.6 Å². The first-order valence-electron chi connectivity index (χ1n) is 3.23. The highest BCUT2D eigenvalue weighted by molar-refractivity contribution is 6.30. The molecule has 0 radical (unpaired) electrons. The van der Waals surface area contributed by atoms with E-state index in [1.807, 2.05) is 24.3 Å². The van der Waals surface area contributed by atoms with Crippen molar-refractivity contribution in [2.45, 2.75) is 6.61 Å². The van der Waals surface area contributed by atoms with Gasteiger partial charge in [0.15, 0.2) is 0 Å². The van der Waals surface area contributed by atoms with Crippen LogP contribution in [0.2, 0.25) is 5.02 Å². The van der Waals surface area contributed by atoms with Crippen molar-refractivity contribution in [2.24, 2.45) is 0 Å². The maximum Gasteiger partial charge on any atom is 0.107 e. The summed E-state index contributed by atoms with van der Waals surface area (Å²) in [6, 6.07) is 7.44. The summed E-state index contributed by atoms with van der Waals surface area (Å²) in [7, 11) is 1.48. The van der Waals surface area contributed by atoms with Crippen molar-refractivity contribution in [2.75, 3.05) is 7.11 Å². The Kier molecular flexibility index (Phi) is 3.36. The maximum atomic E-state index is 5.73. The Hall–Kier alpha value is -0.570. The zero-order chi connectivity index (χ0) is 8.10. The zero-order valence-electron chi connectivity index (χ0n) is 6.21. The van der Waals surface area contributed by atoms with E-state index in [1.165, 1.54) is 7.11 Å². The summed E-state index contributed by atoms with van der Waals surface area (Å²) in [6.45, 7) is 0.428. The highest BCUT2D eigenvalue weighted by Gasteiger charge is 1.92. The van der Waals surface area contributed by atoms with Crippen LogP contribution in [0.3, 0.4) is 0 Å². The summed E-state index contributed by atoms with van der Waals surface area (Å²) in [5.41, 5.74) is 0.999. The lowest BCUT2D eigenvalue weighted by atomic mass is 10.2. The molecule has 0 fully saturated rings. The van der Waals surface area contributed by atoms with Crippen LogP contribution in [0.5, 0.6) is 0 Å². The summed E-state index contributed by atoms with van der Waals surface area (Å²) in [4.78, 5) is 9.16. The number of hydrogen-bond donors (Lipinski definition) is 0. The molecule has 0 aliphatic carbocycles. The SMILES string of the molecule is COOCc1cccc(Cl)c1. The molecule has 0 saturated carbocycles. The quantitative estimate of drug-likeness (QED) is 0.515. The fraction of sp³-hybridized carbons (Fsp3) is 0.250. The molecule has 0 spiro atoms. The van der Waals surface area contributed by atoms with Crippen molar-refractivity contribution in [3.05, 3.63) is 34.9 Å². The second-order valence-electron chi connectivity index (χ2n) is 2.06. The van der Waals surface area contributed by atoms with E-state index >= 15 is 0 Å². The zero-order valence-corrected chi connectivity index (χ0v) is 6.97. The minimum absolute atomic E-state index is 0.428. The van der Waals surface area contributed by atoms with Crippen LogP contribution in [0.15, 0.2) is 24.3 Å². The van der Waals surface area contributed by atoms with E-state index in [2.05, 4.69) is 4.89 Å². The molecule has 0 N–H and O–H groups in total. The average Bonchev–Trinajstić information content (AvgIpc) is 2.01. The normalized spacial score (nSPS) is 10.0. The smallest absolute Gasteiger partial charge is 0.107 e. The molecule has 0 aromatic heterocycles. The molecule has 1 aromatic carbocycles. The third-order valence-corrected chi connectivity index (χ3v) is 1.47. The molecule has 2 nitrogen and oxygen atoms in total. The summed E-state index contributed by atoms with van der Waals surface area (Å²) in [5, 5.41) is 0.710. The molecule has 3 heteroatoms. The van der Waals surface area contributed by atoms with Gasteiger partial charge in [-0.2, -0.15) is 0 Å². The Morgan fingerprint density at radius 2 is 2.27 bits per heavy atom. The largest absolute Gasteiger partial charge is 0.240 e. The summed E-state index contributed by atoms with van der Waals surface area (Å²) < 4.78 is 0. The summed E-state index contributed by atoms with van der Waals surface area (Å²) in [5.74, 6) is 0. The van der Waals surface area contributed by atoms with Crippen molar-refractivity contribution in [3.8, 4) is 0 Å². The molecule has 1 rings (SSSR count). The molecule has 11 heavy (non-hydrogen) atoms. The topological polar surface area (TPSA) is 18.5 Å². The van der Waals surface area contributed by atoms with Crippen LogP contribution in [0.4, 0.5) is 0 Å². The molecule has 0 aliphatic rings. The molecule has 0 aliphatic heterocycles. The van der Waals surface area contributed by atoms with Crippen molar-refractivity contribution in [1.82, 2.24) is 0 Å². The number of benzene rings is 1. The van der Waals surface area contributed by atoms with Gasteiger partial charge in [0.25, 0.3) is 0 Å². The van der Waals surface area contributed by atoms with Crippen molar-refractivity contribution in [3.63, 3.8) is 0 Å². The third-order valence-electron chi connectivity index (χ3n) is 1.23. The molecule has 0 atom stereocenters. The molecule has 0 bridgehead atoms. The van der Waals surface area contributed by atoms with Gasteiger partial charge in [-0.1, -0.05) is 23.7 Å². The lowest BCUT2D eigenvalue weighted by molar-refractivity contribution is -0.282. The third kappa shape index (κ3) is 2.89. The van der Waals surface area contributed by atoms with Gasteiger partial charge in [0.05, 0.1) is 7.11 Å². The molecular weight excluding hydrogens is 164 g/mol. The van der Waals surface area contributed by atoms with Crippen LogP contribution in [0.1, 0.15) is 5.56 Å². The van der Waals surface area contributed by atoms with Crippen LogP contribution in [-0.2, 0) is 16.4 Å². The van der Waals surface area contributed by atoms with Crippen molar-refractivity contribution < 1.29 is 9.78 Å². The lowest BCUT2D eigenvalue weighted by Crippen LogP contribution is -1.90. The van der Waals surface area contributed by atoms with Crippen LogP contribution in [-0.4, -0.2) is 7.11 Å². The van der Waals surface area contributed by atoms with Crippen LogP contribution >= 0.6 is 11.6 Å². The van der Waals surface area contributed by atoms with Gasteiger partial charge in [0.1, 0.15) is 6.61 Å². The number of hydrogen-bond acceptors (Lipinski definition) is 2. The Morgan fingerprint density at radius 3 is 2.91 bits per heavy atom. The molecule has 0 saturated heterocycles. The Bertz CT molecular complexity index is 225. The minimum Gasteiger partial charge on any atom is -0.240 e. The molecule has 0 heterocycles. The number of rotatable bonds is 3. The van der Waals surface area contributed by atoms with Gasteiger partial charge in [0.2, 0.25) is 0 Å². The lowest BCUT2D eigenvalue weighted by Gasteiger charge is -1.99. The van der Waals surface area contributed by atoms with E-state index in [4.69, 9.17) is 16.5 Å². The van der Waals surface area contributed by atoms with E-state index in [1.54, 1.807) is 0 Å². The summed E-state index contributed by atoms with van der Waals surface area (Å²) in [6.07, 6.45) is 0. The van der Waals surface area contributed by atoms with Crippen LogP contribution in [0.25, 0.3) is 0 Å². The maximum absolute atomic E-state index is 5.73. The van der Waals surface area contributed by atoms with E-state index in [-0.39, 0.29) is 0 Å². The van der Waals surface area contributed by atoms with Gasteiger partial charge in [-0.15, -0.1) is 0 Å². The first-order valence-corrected chi connectivity index (χ1v) is 3.61. The second kappa shape index (κ2) is 4.34. The minimum atomic E-state index is 0.428. The van der Waals surface area contributed by atoms with Gasteiger partial charge in [0, 0.05) is 5.02 Å². The second-order valence-corrected chi connectivity index (χ2v) is 2.50. The van der Waals surface area contributed by atoms with Crippen LogP contribution < -0.4 is 0 Å². The Balaban J connectivity index is 2.56. The highest BCUT2D eigenvalue weighted by atomic mass is 35.5. The fourth-order valence-electron chi connectivity index (χ4n) is 0.754. The number of halogens is 1. The molecular formula is C8H9ClO2. The van der Waals surface area contributed by atoms with E-state index in [9.17, 15) is 0 Å². The van der Waals surface area contributed by atoms with Gasteiger partial charge in [-0.3, -0.25) is 0 Å². The highest BCUT2D eigenvalue weighted by Crippen LogP contribution is 2.11. The first-order chi connectivity index (χ1) is 5.33. The Morgan fingerprint density at radius 1 is 1.45 bits per heavy atom. The molecule has 1 aromatic rings. The fourth-order valence-corrected chi connectivity index (χ4v) is 0.967.